The summed E-state index contributed by atoms with van der Waals surface area (Å²) in [5, 5.41) is 15.4. The predicted octanol–water partition coefficient (Wildman–Crippen LogP) is 1.72. The van der Waals surface area contributed by atoms with Crippen LogP contribution in [0.25, 0.3) is 0 Å². The largest absolute Gasteiger partial charge is 0.340 e. The van der Waals surface area contributed by atoms with Crippen molar-refractivity contribution in [2.24, 2.45) is 5.41 Å². The standard InChI is InChI=1S/C20H29N5O2/c1-19(2,3)13-16(23-17(26)15-5-9-22-10-6-15)18(27)24-20(14-21)7-11-25(4)12-8-20/h5-6,9-10,16H,7-8,11-13H2,1-4H3,(H,23,26)(H,24,27). The molecule has 146 valence electrons. The number of piperidine rings is 1. The molecule has 1 aromatic heterocycles. The second-order valence-corrected chi connectivity index (χ2v) is 8.51. The lowest BCUT2D eigenvalue weighted by molar-refractivity contribution is -0.125. The lowest BCUT2D eigenvalue weighted by Gasteiger charge is -2.37. The van der Waals surface area contributed by atoms with Crippen LogP contribution < -0.4 is 10.6 Å². The molecule has 7 heteroatoms. The minimum absolute atomic E-state index is 0.167. The van der Waals surface area contributed by atoms with E-state index in [4.69, 9.17) is 0 Å². The zero-order chi connectivity index (χ0) is 20.1. The van der Waals surface area contributed by atoms with Gasteiger partial charge in [0.15, 0.2) is 0 Å². The minimum Gasteiger partial charge on any atom is -0.340 e. The highest BCUT2D eigenvalue weighted by Crippen LogP contribution is 2.24. The van der Waals surface area contributed by atoms with Crippen molar-refractivity contribution >= 4 is 11.8 Å². The van der Waals surface area contributed by atoms with Crippen LogP contribution in [-0.4, -0.2) is 53.4 Å². The molecule has 2 N–H and O–H groups in total. The summed E-state index contributed by atoms with van der Waals surface area (Å²) in [6.45, 7) is 7.55. The predicted molar refractivity (Wildman–Crippen MR) is 103 cm³/mol. The van der Waals surface area contributed by atoms with E-state index in [9.17, 15) is 14.9 Å². The molecule has 1 aliphatic heterocycles. The molecule has 7 nitrogen and oxygen atoms in total. The van der Waals surface area contributed by atoms with E-state index in [2.05, 4.69) is 26.6 Å². The highest BCUT2D eigenvalue weighted by Gasteiger charge is 2.38. The number of rotatable bonds is 5. The smallest absolute Gasteiger partial charge is 0.252 e. The van der Waals surface area contributed by atoms with E-state index < -0.39 is 11.6 Å². The Labute approximate surface area is 161 Å². The normalized spacial score (nSPS) is 18.2. The van der Waals surface area contributed by atoms with E-state index in [0.29, 0.717) is 24.8 Å². The van der Waals surface area contributed by atoms with Gasteiger partial charge in [-0.05, 0) is 43.9 Å². The summed E-state index contributed by atoms with van der Waals surface area (Å²) in [5.74, 6) is -0.630. The molecule has 0 aromatic carbocycles. The van der Waals surface area contributed by atoms with Crippen molar-refractivity contribution in [2.75, 3.05) is 20.1 Å². The summed E-state index contributed by atoms with van der Waals surface area (Å²) in [5.41, 5.74) is -0.590. The van der Waals surface area contributed by atoms with Crippen LogP contribution in [0.15, 0.2) is 24.5 Å². The molecule has 1 fully saturated rings. The van der Waals surface area contributed by atoms with Gasteiger partial charge in [-0.2, -0.15) is 5.26 Å². The van der Waals surface area contributed by atoms with E-state index in [0.717, 1.165) is 13.1 Å². The van der Waals surface area contributed by atoms with E-state index in [1.165, 1.54) is 12.4 Å². The van der Waals surface area contributed by atoms with E-state index >= 15 is 0 Å². The first-order valence-electron chi connectivity index (χ1n) is 9.27. The molecular formula is C20H29N5O2. The maximum Gasteiger partial charge on any atom is 0.252 e. The Balaban J connectivity index is 2.14. The second kappa shape index (κ2) is 8.49. The SMILES string of the molecule is CN1CCC(C#N)(NC(=O)C(CC(C)(C)C)NC(=O)c2ccncc2)CC1. The fourth-order valence-electron chi connectivity index (χ4n) is 3.15. The third-order valence-electron chi connectivity index (χ3n) is 4.80. The average Bonchev–Trinajstić information content (AvgIpc) is 2.63. The number of nitrogens with one attached hydrogen (secondary N) is 2. The molecule has 0 saturated carbocycles. The fourth-order valence-corrected chi connectivity index (χ4v) is 3.15. The summed E-state index contributed by atoms with van der Waals surface area (Å²) < 4.78 is 0. The molecule has 27 heavy (non-hydrogen) atoms. The van der Waals surface area contributed by atoms with Crippen molar-refractivity contribution in [3.8, 4) is 6.07 Å². The third kappa shape index (κ3) is 6.04. The Hall–Kier alpha value is -2.46. The highest BCUT2D eigenvalue weighted by atomic mass is 16.2. The van der Waals surface area contributed by atoms with Gasteiger partial charge < -0.3 is 15.5 Å². The molecule has 0 radical (unpaired) electrons. The zero-order valence-electron chi connectivity index (χ0n) is 16.6. The van der Waals surface area contributed by atoms with Gasteiger partial charge >= 0.3 is 0 Å². The summed E-state index contributed by atoms with van der Waals surface area (Å²) in [6, 6.07) is 4.79. The number of likely N-dealkylation sites (tertiary alicyclic amines) is 1. The lowest BCUT2D eigenvalue weighted by atomic mass is 9.85. The van der Waals surface area contributed by atoms with Crippen LogP contribution in [0.2, 0.25) is 0 Å². The number of nitriles is 1. The van der Waals surface area contributed by atoms with Gasteiger partial charge in [-0.3, -0.25) is 14.6 Å². The topological polar surface area (TPSA) is 98.1 Å². The van der Waals surface area contributed by atoms with Crippen LogP contribution in [0.5, 0.6) is 0 Å². The van der Waals surface area contributed by atoms with Gasteiger partial charge in [0.25, 0.3) is 5.91 Å². The summed E-state index contributed by atoms with van der Waals surface area (Å²) >= 11 is 0. The number of hydrogen-bond donors (Lipinski definition) is 2. The van der Waals surface area contributed by atoms with Gasteiger partial charge in [-0.15, -0.1) is 0 Å². The van der Waals surface area contributed by atoms with E-state index in [1.54, 1.807) is 12.1 Å². The summed E-state index contributed by atoms with van der Waals surface area (Å²) in [4.78, 5) is 31.6. The minimum atomic E-state index is -0.874. The quantitative estimate of drug-likeness (QED) is 0.821. The van der Waals surface area contributed by atoms with Crippen LogP contribution in [0.1, 0.15) is 50.4 Å². The van der Waals surface area contributed by atoms with Crippen LogP contribution in [0.3, 0.4) is 0 Å². The molecule has 1 atom stereocenters. The summed E-state index contributed by atoms with van der Waals surface area (Å²) in [7, 11) is 2.00. The molecule has 2 heterocycles. The highest BCUT2D eigenvalue weighted by molar-refractivity contribution is 5.97. The molecule has 1 saturated heterocycles. The van der Waals surface area contributed by atoms with Crippen molar-refractivity contribution in [1.82, 2.24) is 20.5 Å². The van der Waals surface area contributed by atoms with Crippen molar-refractivity contribution in [1.29, 1.82) is 5.26 Å². The van der Waals surface area contributed by atoms with E-state index in [1.807, 2.05) is 27.8 Å². The summed E-state index contributed by atoms with van der Waals surface area (Å²) in [6.07, 6.45) is 4.70. The molecular weight excluding hydrogens is 342 g/mol. The molecule has 1 aromatic rings. The van der Waals surface area contributed by atoms with Crippen molar-refractivity contribution in [3.63, 3.8) is 0 Å². The number of nitrogens with zero attached hydrogens (tertiary/aromatic N) is 3. The maximum absolute atomic E-state index is 13.0. The Bertz CT molecular complexity index is 697. The Morgan fingerprint density at radius 3 is 2.41 bits per heavy atom. The van der Waals surface area contributed by atoms with Crippen molar-refractivity contribution < 1.29 is 9.59 Å². The second-order valence-electron chi connectivity index (χ2n) is 8.51. The monoisotopic (exact) mass is 371 g/mol. The van der Waals surface area contributed by atoms with Crippen LogP contribution in [-0.2, 0) is 4.79 Å². The van der Waals surface area contributed by atoms with Crippen molar-refractivity contribution in [3.05, 3.63) is 30.1 Å². The number of pyridine rings is 1. The average molecular weight is 371 g/mol. The zero-order valence-corrected chi connectivity index (χ0v) is 16.6. The molecule has 0 spiro atoms. The van der Waals surface area contributed by atoms with Gasteiger partial charge in [0.2, 0.25) is 5.91 Å². The Morgan fingerprint density at radius 2 is 1.89 bits per heavy atom. The molecule has 0 bridgehead atoms. The number of carbonyl (C=O) groups is 2. The van der Waals surface area contributed by atoms with Crippen LogP contribution >= 0.6 is 0 Å². The van der Waals surface area contributed by atoms with Crippen LogP contribution in [0.4, 0.5) is 0 Å². The van der Waals surface area contributed by atoms with Gasteiger partial charge in [0.05, 0.1) is 6.07 Å². The first-order valence-corrected chi connectivity index (χ1v) is 9.27. The Kier molecular flexibility index (Phi) is 6.55. The van der Waals surface area contributed by atoms with E-state index in [-0.39, 0.29) is 17.2 Å². The lowest BCUT2D eigenvalue weighted by Crippen LogP contribution is -2.59. The fraction of sp³-hybridized carbons (Fsp3) is 0.600. The van der Waals surface area contributed by atoms with Crippen LogP contribution in [0, 0.1) is 16.7 Å². The first kappa shape index (κ1) is 20.8. The number of hydrogen-bond acceptors (Lipinski definition) is 5. The number of carbonyl (C=O) groups excluding carboxylic acids is 2. The number of aromatic nitrogens is 1. The van der Waals surface area contributed by atoms with Gasteiger partial charge in [0.1, 0.15) is 11.6 Å². The first-order chi connectivity index (χ1) is 12.6. The number of amides is 2. The molecule has 2 rings (SSSR count). The van der Waals surface area contributed by atoms with Gasteiger partial charge in [-0.1, -0.05) is 20.8 Å². The van der Waals surface area contributed by atoms with Crippen molar-refractivity contribution in [2.45, 2.75) is 51.6 Å². The molecule has 2 amide bonds. The molecule has 1 unspecified atom stereocenters. The Morgan fingerprint density at radius 1 is 1.30 bits per heavy atom. The third-order valence-corrected chi connectivity index (χ3v) is 4.80. The maximum atomic E-state index is 13.0. The molecule has 1 aliphatic rings. The van der Waals surface area contributed by atoms with Gasteiger partial charge in [-0.25, -0.2) is 0 Å². The molecule has 0 aliphatic carbocycles. The van der Waals surface area contributed by atoms with Gasteiger partial charge in [0, 0.05) is 31.0 Å².